The predicted octanol–water partition coefficient (Wildman–Crippen LogP) is 1.50. The zero-order chi connectivity index (χ0) is 8.86. The minimum Gasteiger partial charge on any atom is -0.383 e. The standard InChI is InChI=1S/C9H18FNO/c1-12-7-6-11-8-9(10)4-2-3-5-9/h11H,2-8H2,1H3. The molecule has 0 bridgehead atoms. The van der Waals surface area contributed by atoms with E-state index in [0.717, 1.165) is 32.2 Å². The fourth-order valence-electron chi connectivity index (χ4n) is 1.67. The summed E-state index contributed by atoms with van der Waals surface area (Å²) in [5.41, 5.74) is -0.923. The van der Waals surface area contributed by atoms with Gasteiger partial charge in [0, 0.05) is 20.2 Å². The van der Waals surface area contributed by atoms with Gasteiger partial charge in [-0.2, -0.15) is 0 Å². The molecule has 0 amide bonds. The molecule has 0 spiro atoms. The van der Waals surface area contributed by atoms with Crippen molar-refractivity contribution in [2.45, 2.75) is 31.4 Å². The van der Waals surface area contributed by atoms with Gasteiger partial charge in [-0.25, -0.2) is 4.39 Å². The molecule has 0 aliphatic heterocycles. The largest absolute Gasteiger partial charge is 0.383 e. The first-order valence-electron chi connectivity index (χ1n) is 4.65. The van der Waals surface area contributed by atoms with Gasteiger partial charge in [0.2, 0.25) is 0 Å². The summed E-state index contributed by atoms with van der Waals surface area (Å²) in [4.78, 5) is 0. The monoisotopic (exact) mass is 175 g/mol. The second-order valence-corrected chi connectivity index (χ2v) is 3.53. The van der Waals surface area contributed by atoms with E-state index in [9.17, 15) is 4.39 Å². The van der Waals surface area contributed by atoms with Crippen LogP contribution >= 0.6 is 0 Å². The van der Waals surface area contributed by atoms with Gasteiger partial charge in [0.1, 0.15) is 5.67 Å². The summed E-state index contributed by atoms with van der Waals surface area (Å²) in [6, 6.07) is 0. The second-order valence-electron chi connectivity index (χ2n) is 3.53. The normalized spacial score (nSPS) is 21.5. The van der Waals surface area contributed by atoms with E-state index in [1.54, 1.807) is 7.11 Å². The lowest BCUT2D eigenvalue weighted by molar-refractivity contribution is 0.155. The average Bonchev–Trinajstić information content (AvgIpc) is 2.47. The SMILES string of the molecule is COCCNCC1(F)CCCC1. The van der Waals surface area contributed by atoms with Crippen LogP contribution in [0.25, 0.3) is 0 Å². The van der Waals surface area contributed by atoms with Crippen LogP contribution < -0.4 is 5.32 Å². The van der Waals surface area contributed by atoms with Gasteiger partial charge in [-0.05, 0) is 12.8 Å². The molecule has 1 fully saturated rings. The summed E-state index contributed by atoms with van der Waals surface area (Å²) >= 11 is 0. The molecule has 72 valence electrons. The maximum atomic E-state index is 13.6. The van der Waals surface area contributed by atoms with Crippen LogP contribution in [0.2, 0.25) is 0 Å². The maximum Gasteiger partial charge on any atom is 0.123 e. The summed E-state index contributed by atoms with van der Waals surface area (Å²) in [6.45, 7) is 1.91. The lowest BCUT2D eigenvalue weighted by atomic mass is 10.1. The molecule has 1 aliphatic rings. The Bertz CT molecular complexity index is 124. The summed E-state index contributed by atoms with van der Waals surface area (Å²) in [7, 11) is 1.66. The minimum absolute atomic E-state index is 0.496. The van der Waals surface area contributed by atoms with E-state index in [2.05, 4.69) is 5.32 Å². The zero-order valence-corrected chi connectivity index (χ0v) is 7.74. The third-order valence-corrected chi connectivity index (χ3v) is 2.42. The van der Waals surface area contributed by atoms with Gasteiger partial charge >= 0.3 is 0 Å². The maximum absolute atomic E-state index is 13.6. The topological polar surface area (TPSA) is 21.3 Å². The highest BCUT2D eigenvalue weighted by Gasteiger charge is 2.32. The Labute approximate surface area is 73.5 Å². The first-order chi connectivity index (χ1) is 5.77. The summed E-state index contributed by atoms with van der Waals surface area (Å²) in [5.74, 6) is 0. The van der Waals surface area contributed by atoms with Crippen molar-refractivity contribution in [1.82, 2.24) is 5.32 Å². The fourth-order valence-corrected chi connectivity index (χ4v) is 1.67. The molecule has 0 atom stereocenters. The van der Waals surface area contributed by atoms with Crippen LogP contribution in [-0.2, 0) is 4.74 Å². The summed E-state index contributed by atoms with van der Waals surface area (Å²) in [5, 5.41) is 3.07. The fraction of sp³-hybridized carbons (Fsp3) is 1.00. The molecule has 0 aromatic heterocycles. The van der Waals surface area contributed by atoms with Gasteiger partial charge in [-0.15, -0.1) is 0 Å². The number of ether oxygens (including phenoxy) is 1. The van der Waals surface area contributed by atoms with E-state index in [0.29, 0.717) is 13.2 Å². The molecule has 0 heterocycles. The van der Waals surface area contributed by atoms with Gasteiger partial charge in [0.25, 0.3) is 0 Å². The molecule has 0 aromatic rings. The van der Waals surface area contributed by atoms with Crippen LogP contribution in [0.3, 0.4) is 0 Å². The smallest absolute Gasteiger partial charge is 0.123 e. The van der Waals surface area contributed by atoms with Crippen LogP contribution in [-0.4, -0.2) is 32.5 Å². The zero-order valence-electron chi connectivity index (χ0n) is 7.74. The van der Waals surface area contributed by atoms with Crippen molar-refractivity contribution < 1.29 is 9.13 Å². The molecule has 2 nitrogen and oxygen atoms in total. The molecule has 0 radical (unpaired) electrons. The van der Waals surface area contributed by atoms with Crippen molar-refractivity contribution in [3.63, 3.8) is 0 Å². The minimum atomic E-state index is -0.923. The van der Waals surface area contributed by atoms with Gasteiger partial charge < -0.3 is 10.1 Å². The number of methoxy groups -OCH3 is 1. The van der Waals surface area contributed by atoms with E-state index in [1.165, 1.54) is 0 Å². The number of alkyl halides is 1. The Balaban J connectivity index is 2.05. The first-order valence-corrected chi connectivity index (χ1v) is 4.65. The Hall–Kier alpha value is -0.150. The van der Waals surface area contributed by atoms with Crippen molar-refractivity contribution in [2.75, 3.05) is 26.8 Å². The highest BCUT2D eigenvalue weighted by Crippen LogP contribution is 2.32. The molecule has 3 heteroatoms. The van der Waals surface area contributed by atoms with Gasteiger partial charge in [-0.1, -0.05) is 12.8 Å². The highest BCUT2D eigenvalue weighted by atomic mass is 19.1. The third kappa shape index (κ3) is 3.07. The number of nitrogens with one attached hydrogen (secondary N) is 1. The number of hydrogen-bond acceptors (Lipinski definition) is 2. The average molecular weight is 175 g/mol. The van der Waals surface area contributed by atoms with Crippen molar-refractivity contribution in [1.29, 1.82) is 0 Å². The Kier molecular flexibility index (Phi) is 3.95. The molecule has 1 N–H and O–H groups in total. The molecule has 1 aliphatic carbocycles. The lowest BCUT2D eigenvalue weighted by Gasteiger charge is -2.19. The molecule has 0 aromatic carbocycles. The van der Waals surface area contributed by atoms with Crippen LogP contribution in [0, 0.1) is 0 Å². The summed E-state index contributed by atoms with van der Waals surface area (Å²) in [6.07, 6.45) is 3.55. The van der Waals surface area contributed by atoms with Crippen molar-refractivity contribution >= 4 is 0 Å². The van der Waals surface area contributed by atoms with Crippen LogP contribution in [0.15, 0.2) is 0 Å². The van der Waals surface area contributed by atoms with Gasteiger partial charge in [-0.3, -0.25) is 0 Å². The van der Waals surface area contributed by atoms with E-state index in [1.807, 2.05) is 0 Å². The Morgan fingerprint density at radius 3 is 2.67 bits per heavy atom. The molecule has 1 rings (SSSR count). The Morgan fingerprint density at radius 2 is 2.08 bits per heavy atom. The molecule has 12 heavy (non-hydrogen) atoms. The molecule has 0 saturated heterocycles. The van der Waals surface area contributed by atoms with E-state index in [4.69, 9.17) is 4.74 Å². The molecular weight excluding hydrogens is 157 g/mol. The van der Waals surface area contributed by atoms with Crippen molar-refractivity contribution in [3.8, 4) is 0 Å². The van der Waals surface area contributed by atoms with E-state index < -0.39 is 5.67 Å². The van der Waals surface area contributed by atoms with Gasteiger partial charge in [0.05, 0.1) is 6.61 Å². The number of halogens is 1. The third-order valence-electron chi connectivity index (χ3n) is 2.42. The Morgan fingerprint density at radius 1 is 1.42 bits per heavy atom. The van der Waals surface area contributed by atoms with E-state index >= 15 is 0 Å². The quantitative estimate of drug-likeness (QED) is 0.639. The highest BCUT2D eigenvalue weighted by molar-refractivity contribution is 4.86. The van der Waals surface area contributed by atoms with Crippen molar-refractivity contribution in [3.05, 3.63) is 0 Å². The summed E-state index contributed by atoms with van der Waals surface area (Å²) < 4.78 is 18.5. The molecular formula is C9H18FNO. The molecule has 1 saturated carbocycles. The van der Waals surface area contributed by atoms with Crippen molar-refractivity contribution in [2.24, 2.45) is 0 Å². The number of rotatable bonds is 5. The number of hydrogen-bond donors (Lipinski definition) is 1. The first kappa shape index (κ1) is 9.93. The second kappa shape index (κ2) is 4.77. The molecule has 0 unspecified atom stereocenters. The van der Waals surface area contributed by atoms with E-state index in [-0.39, 0.29) is 0 Å². The predicted molar refractivity (Wildman–Crippen MR) is 47.1 cm³/mol. The lowest BCUT2D eigenvalue weighted by Crippen LogP contribution is -2.35. The van der Waals surface area contributed by atoms with Crippen LogP contribution in [0.5, 0.6) is 0 Å². The van der Waals surface area contributed by atoms with Crippen LogP contribution in [0.4, 0.5) is 4.39 Å². The van der Waals surface area contributed by atoms with Gasteiger partial charge in [0.15, 0.2) is 0 Å². The van der Waals surface area contributed by atoms with Crippen LogP contribution in [0.1, 0.15) is 25.7 Å².